The molecule has 0 amide bonds. The van der Waals surface area contributed by atoms with E-state index in [1.165, 1.54) is 12.1 Å². The highest BCUT2D eigenvalue weighted by molar-refractivity contribution is 6.31. The van der Waals surface area contributed by atoms with Gasteiger partial charge in [0.25, 0.3) is 0 Å². The van der Waals surface area contributed by atoms with Crippen LogP contribution in [0.25, 0.3) is 0 Å². The summed E-state index contributed by atoms with van der Waals surface area (Å²) < 4.78 is 37.5. The lowest BCUT2D eigenvalue weighted by Gasteiger charge is -2.11. The van der Waals surface area contributed by atoms with Gasteiger partial charge in [-0.2, -0.15) is 13.2 Å². The molecule has 0 saturated heterocycles. The van der Waals surface area contributed by atoms with E-state index in [0.717, 1.165) is 6.07 Å². The summed E-state index contributed by atoms with van der Waals surface area (Å²) >= 11 is 5.63. The van der Waals surface area contributed by atoms with Gasteiger partial charge in [0, 0.05) is 11.6 Å². The molecule has 92 valence electrons. The van der Waals surface area contributed by atoms with Gasteiger partial charge in [-0.05, 0) is 19.1 Å². The molecule has 1 atom stereocenters. The van der Waals surface area contributed by atoms with Gasteiger partial charge in [-0.25, -0.2) is 0 Å². The molecule has 0 saturated carbocycles. The summed E-state index contributed by atoms with van der Waals surface area (Å²) in [6, 6.07) is 3.84. The Bertz CT molecular complexity index is 468. The van der Waals surface area contributed by atoms with Crippen LogP contribution in [0.1, 0.15) is 18.1 Å². The summed E-state index contributed by atoms with van der Waals surface area (Å²) in [5.41, 5.74) is -0.248. The molecule has 1 N–H and O–H groups in total. The minimum absolute atomic E-state index is 0.200. The van der Waals surface area contributed by atoms with Crippen LogP contribution in [0.5, 0.6) is 0 Å². The van der Waals surface area contributed by atoms with Gasteiger partial charge in [0.1, 0.15) is 5.84 Å². The highest BCUT2D eigenvalue weighted by Gasteiger charge is 2.33. The van der Waals surface area contributed by atoms with E-state index in [0.29, 0.717) is 17.9 Å². The lowest BCUT2D eigenvalue weighted by Crippen LogP contribution is -2.27. The molecule has 1 heterocycles. The largest absolute Gasteiger partial charge is 0.417 e. The number of amidine groups is 1. The fourth-order valence-corrected chi connectivity index (χ4v) is 1.91. The molecular weight excluding hydrogens is 253 g/mol. The van der Waals surface area contributed by atoms with Gasteiger partial charge in [0.2, 0.25) is 0 Å². The molecule has 1 aliphatic rings. The van der Waals surface area contributed by atoms with E-state index < -0.39 is 11.7 Å². The quantitative estimate of drug-likeness (QED) is 0.826. The molecule has 1 aromatic carbocycles. The zero-order chi connectivity index (χ0) is 12.6. The topological polar surface area (TPSA) is 24.4 Å². The molecule has 0 aliphatic carbocycles. The van der Waals surface area contributed by atoms with E-state index in [1.54, 1.807) is 0 Å². The Balaban J connectivity index is 2.32. The Morgan fingerprint density at radius 1 is 1.41 bits per heavy atom. The van der Waals surface area contributed by atoms with Gasteiger partial charge in [-0.1, -0.05) is 17.7 Å². The highest BCUT2D eigenvalue weighted by Crippen LogP contribution is 2.35. The first kappa shape index (κ1) is 12.2. The third-order valence-corrected chi connectivity index (χ3v) is 2.77. The lowest BCUT2D eigenvalue weighted by atomic mass is 10.1. The molecule has 0 radical (unpaired) electrons. The maximum absolute atomic E-state index is 12.5. The number of aliphatic imine (C=N–C) groups is 1. The second kappa shape index (κ2) is 4.22. The van der Waals surface area contributed by atoms with Crippen LogP contribution in [0.2, 0.25) is 5.02 Å². The number of nitrogens with zero attached hydrogens (tertiary/aromatic N) is 1. The molecule has 1 aliphatic heterocycles. The molecule has 2 rings (SSSR count). The minimum Gasteiger partial charge on any atom is -0.366 e. The van der Waals surface area contributed by atoms with Crippen molar-refractivity contribution in [2.24, 2.45) is 4.99 Å². The molecule has 0 fully saturated rings. The number of rotatable bonds is 1. The summed E-state index contributed by atoms with van der Waals surface area (Å²) in [5, 5.41) is 2.76. The van der Waals surface area contributed by atoms with Crippen molar-refractivity contribution < 1.29 is 13.2 Å². The normalized spacial score (nSPS) is 20.1. The van der Waals surface area contributed by atoms with Crippen molar-refractivity contribution in [2.75, 3.05) is 6.54 Å². The first-order valence-electron chi connectivity index (χ1n) is 5.06. The Hall–Kier alpha value is -1.23. The molecule has 0 bridgehead atoms. The average molecular weight is 263 g/mol. The fraction of sp³-hybridized carbons (Fsp3) is 0.364. The van der Waals surface area contributed by atoms with E-state index in [4.69, 9.17) is 11.6 Å². The summed E-state index contributed by atoms with van der Waals surface area (Å²) in [6.45, 7) is 2.57. The van der Waals surface area contributed by atoms with E-state index in [1.807, 2.05) is 6.92 Å². The first-order chi connectivity index (χ1) is 7.88. The van der Waals surface area contributed by atoms with Crippen LogP contribution < -0.4 is 5.32 Å². The van der Waals surface area contributed by atoms with Crippen molar-refractivity contribution in [3.05, 3.63) is 34.3 Å². The van der Waals surface area contributed by atoms with Gasteiger partial charge in [-0.3, -0.25) is 4.99 Å². The fourth-order valence-electron chi connectivity index (χ4n) is 1.62. The summed E-state index contributed by atoms with van der Waals surface area (Å²) in [4.78, 5) is 4.19. The van der Waals surface area contributed by atoms with Crippen LogP contribution in [0.4, 0.5) is 13.2 Å². The van der Waals surface area contributed by atoms with Gasteiger partial charge < -0.3 is 5.32 Å². The van der Waals surface area contributed by atoms with Crippen molar-refractivity contribution in [3.63, 3.8) is 0 Å². The summed E-state index contributed by atoms with van der Waals surface area (Å²) in [5.74, 6) is 0.591. The van der Waals surface area contributed by atoms with E-state index in [9.17, 15) is 13.2 Å². The van der Waals surface area contributed by atoms with E-state index in [-0.39, 0.29) is 11.1 Å². The third kappa shape index (κ3) is 2.54. The summed E-state index contributed by atoms with van der Waals surface area (Å²) in [6.07, 6.45) is -4.42. The Labute approximate surface area is 101 Å². The number of halogens is 4. The second-order valence-corrected chi connectivity index (χ2v) is 4.33. The Kier molecular flexibility index (Phi) is 3.03. The molecule has 6 heteroatoms. The molecule has 2 nitrogen and oxygen atoms in total. The number of hydrogen-bond acceptors (Lipinski definition) is 2. The molecule has 17 heavy (non-hydrogen) atoms. The predicted octanol–water partition coefficient (Wildman–Crippen LogP) is 3.10. The zero-order valence-electron chi connectivity index (χ0n) is 8.98. The van der Waals surface area contributed by atoms with Crippen LogP contribution in [0, 0.1) is 0 Å². The van der Waals surface area contributed by atoms with Crippen LogP contribution in [0.15, 0.2) is 23.2 Å². The van der Waals surface area contributed by atoms with Gasteiger partial charge in [0.05, 0.1) is 17.1 Å². The number of benzene rings is 1. The molecule has 1 aromatic rings. The van der Waals surface area contributed by atoms with Crippen LogP contribution >= 0.6 is 11.6 Å². The van der Waals surface area contributed by atoms with Crippen molar-refractivity contribution in [1.82, 2.24) is 5.32 Å². The van der Waals surface area contributed by atoms with E-state index in [2.05, 4.69) is 10.3 Å². The molecular formula is C11H10ClF3N2. The molecule has 0 spiro atoms. The Morgan fingerprint density at radius 2 is 2.12 bits per heavy atom. The van der Waals surface area contributed by atoms with Gasteiger partial charge in [0.15, 0.2) is 0 Å². The van der Waals surface area contributed by atoms with Crippen LogP contribution in [0.3, 0.4) is 0 Å². The van der Waals surface area contributed by atoms with Crippen molar-refractivity contribution in [1.29, 1.82) is 0 Å². The smallest absolute Gasteiger partial charge is 0.366 e. The standard InChI is InChI=1S/C11H10ClF3N2/c1-6-5-16-10(17-6)7-2-3-8(9(12)4-7)11(13,14)15/h2-4,6H,5H2,1H3,(H,16,17). The molecule has 0 aromatic heterocycles. The molecule has 1 unspecified atom stereocenters. The van der Waals surface area contributed by atoms with Crippen LogP contribution in [-0.2, 0) is 6.18 Å². The van der Waals surface area contributed by atoms with E-state index >= 15 is 0 Å². The third-order valence-electron chi connectivity index (χ3n) is 2.45. The van der Waals surface area contributed by atoms with Gasteiger partial charge in [-0.15, -0.1) is 0 Å². The minimum atomic E-state index is -4.42. The van der Waals surface area contributed by atoms with Gasteiger partial charge >= 0.3 is 6.18 Å². The highest BCUT2D eigenvalue weighted by atomic mass is 35.5. The Morgan fingerprint density at radius 3 is 2.59 bits per heavy atom. The second-order valence-electron chi connectivity index (χ2n) is 3.93. The lowest BCUT2D eigenvalue weighted by molar-refractivity contribution is -0.137. The number of alkyl halides is 3. The number of nitrogens with one attached hydrogen (secondary N) is 1. The summed E-state index contributed by atoms with van der Waals surface area (Å²) in [7, 11) is 0. The zero-order valence-corrected chi connectivity index (χ0v) is 9.73. The SMILES string of the molecule is CC1CN=C(c2ccc(C(F)(F)F)c(Cl)c2)N1. The van der Waals surface area contributed by atoms with Crippen molar-refractivity contribution in [2.45, 2.75) is 19.1 Å². The van der Waals surface area contributed by atoms with Crippen molar-refractivity contribution >= 4 is 17.4 Å². The maximum atomic E-state index is 12.5. The monoisotopic (exact) mass is 262 g/mol. The average Bonchev–Trinajstić information content (AvgIpc) is 2.62. The first-order valence-corrected chi connectivity index (χ1v) is 5.44. The number of hydrogen-bond donors (Lipinski definition) is 1. The predicted molar refractivity (Wildman–Crippen MR) is 60.5 cm³/mol. The van der Waals surface area contributed by atoms with Crippen molar-refractivity contribution in [3.8, 4) is 0 Å². The van der Waals surface area contributed by atoms with Crippen LogP contribution in [-0.4, -0.2) is 18.4 Å². The maximum Gasteiger partial charge on any atom is 0.417 e.